The van der Waals surface area contributed by atoms with Crippen molar-refractivity contribution in [3.63, 3.8) is 0 Å². The van der Waals surface area contributed by atoms with Crippen LogP contribution >= 0.6 is 0 Å². The van der Waals surface area contributed by atoms with Gasteiger partial charge in [0.25, 0.3) is 0 Å². The van der Waals surface area contributed by atoms with Crippen LogP contribution in [0.3, 0.4) is 0 Å². The Balaban J connectivity index is 1.83. The van der Waals surface area contributed by atoms with Crippen molar-refractivity contribution in [3.05, 3.63) is 47.6 Å². The van der Waals surface area contributed by atoms with Crippen molar-refractivity contribution >= 4 is 0 Å². The van der Waals surface area contributed by atoms with E-state index >= 15 is 0 Å². The van der Waals surface area contributed by atoms with Gasteiger partial charge in [-0.15, -0.1) is 0 Å². The summed E-state index contributed by atoms with van der Waals surface area (Å²) in [6.07, 6.45) is 1.80. The van der Waals surface area contributed by atoms with E-state index in [1.807, 2.05) is 18.2 Å². The predicted molar refractivity (Wildman–Crippen MR) is 77.5 cm³/mol. The molecule has 0 aliphatic carbocycles. The summed E-state index contributed by atoms with van der Waals surface area (Å²) in [6.45, 7) is 6.41. The summed E-state index contributed by atoms with van der Waals surface area (Å²) in [5, 5.41) is 7.59. The molecule has 1 fully saturated rings. The minimum absolute atomic E-state index is 0.00192. The number of aromatic nitrogens is 2. The minimum Gasteiger partial charge on any atom is -0.339 e. The molecule has 1 aliphatic heterocycles. The number of hydrogen-bond donors (Lipinski definition) is 1. The molecule has 1 aromatic carbocycles. The molecule has 20 heavy (non-hydrogen) atoms. The molecule has 0 bridgehead atoms. The van der Waals surface area contributed by atoms with E-state index in [1.165, 1.54) is 5.56 Å². The van der Waals surface area contributed by atoms with Crippen LogP contribution in [0.25, 0.3) is 0 Å². The average molecular weight is 271 g/mol. The Hall–Kier alpha value is -1.68. The van der Waals surface area contributed by atoms with Gasteiger partial charge in [-0.05, 0) is 24.4 Å². The van der Waals surface area contributed by atoms with Gasteiger partial charge in [0.05, 0.1) is 5.41 Å². The Morgan fingerprint density at radius 3 is 2.75 bits per heavy atom. The highest BCUT2D eigenvalue weighted by Gasteiger charge is 2.43. The van der Waals surface area contributed by atoms with E-state index in [0.29, 0.717) is 5.92 Å². The second kappa shape index (κ2) is 5.37. The molecular formula is C16H21N3O. The van der Waals surface area contributed by atoms with E-state index in [2.05, 4.69) is 41.4 Å². The number of nitrogens with one attached hydrogen (secondary N) is 1. The van der Waals surface area contributed by atoms with Crippen LogP contribution in [0.5, 0.6) is 0 Å². The predicted octanol–water partition coefficient (Wildman–Crippen LogP) is 2.55. The van der Waals surface area contributed by atoms with E-state index in [1.54, 1.807) is 0 Å². The Bertz CT molecular complexity index is 556. The van der Waals surface area contributed by atoms with Crippen molar-refractivity contribution in [2.45, 2.75) is 32.1 Å². The van der Waals surface area contributed by atoms with Gasteiger partial charge >= 0.3 is 0 Å². The summed E-state index contributed by atoms with van der Waals surface area (Å²) in [5.74, 6) is 2.06. The van der Waals surface area contributed by atoms with Gasteiger partial charge in [0.15, 0.2) is 5.82 Å². The third-order valence-electron chi connectivity index (χ3n) is 4.39. The molecule has 106 valence electrons. The van der Waals surface area contributed by atoms with Gasteiger partial charge in [-0.25, -0.2) is 0 Å². The van der Waals surface area contributed by atoms with Crippen molar-refractivity contribution in [1.82, 2.24) is 15.5 Å². The lowest BCUT2D eigenvalue weighted by Gasteiger charge is -2.28. The number of rotatable bonds is 4. The lowest BCUT2D eigenvalue weighted by Crippen LogP contribution is -2.35. The van der Waals surface area contributed by atoms with Gasteiger partial charge in [-0.3, -0.25) is 0 Å². The second-order valence-electron chi connectivity index (χ2n) is 5.92. The van der Waals surface area contributed by atoms with E-state index < -0.39 is 0 Å². The number of hydrogen-bond acceptors (Lipinski definition) is 4. The third kappa shape index (κ3) is 2.36. The summed E-state index contributed by atoms with van der Waals surface area (Å²) in [4.78, 5) is 4.66. The zero-order valence-corrected chi connectivity index (χ0v) is 12.1. The fourth-order valence-corrected chi connectivity index (χ4v) is 2.94. The standard InChI is InChI=1S/C16H21N3O/c1-12(2)16(8-9-17-11-16)15-18-14(19-20-15)10-13-6-4-3-5-7-13/h3-7,12,17H,8-11H2,1-2H3. The maximum absolute atomic E-state index is 5.58. The molecular weight excluding hydrogens is 250 g/mol. The molecule has 1 atom stereocenters. The Labute approximate surface area is 119 Å². The van der Waals surface area contributed by atoms with Crippen molar-refractivity contribution in [2.24, 2.45) is 5.92 Å². The Morgan fingerprint density at radius 2 is 2.10 bits per heavy atom. The highest BCUT2D eigenvalue weighted by Crippen LogP contribution is 2.36. The maximum Gasteiger partial charge on any atom is 0.234 e. The molecule has 3 rings (SSSR count). The molecule has 1 unspecified atom stereocenters. The van der Waals surface area contributed by atoms with E-state index in [-0.39, 0.29) is 5.41 Å². The van der Waals surface area contributed by atoms with Gasteiger partial charge in [0.1, 0.15) is 0 Å². The lowest BCUT2D eigenvalue weighted by molar-refractivity contribution is 0.234. The van der Waals surface area contributed by atoms with Crippen molar-refractivity contribution in [2.75, 3.05) is 13.1 Å². The van der Waals surface area contributed by atoms with E-state index in [9.17, 15) is 0 Å². The summed E-state index contributed by atoms with van der Waals surface area (Å²) in [5.41, 5.74) is 1.21. The molecule has 0 saturated carbocycles. The quantitative estimate of drug-likeness (QED) is 0.928. The summed E-state index contributed by atoms with van der Waals surface area (Å²) < 4.78 is 5.58. The van der Waals surface area contributed by atoms with Crippen molar-refractivity contribution in [3.8, 4) is 0 Å². The van der Waals surface area contributed by atoms with Crippen LogP contribution < -0.4 is 5.32 Å². The fraction of sp³-hybridized carbons (Fsp3) is 0.500. The highest BCUT2D eigenvalue weighted by molar-refractivity contribution is 5.19. The molecule has 1 saturated heterocycles. The van der Waals surface area contributed by atoms with Crippen molar-refractivity contribution < 1.29 is 4.52 Å². The van der Waals surface area contributed by atoms with Crippen LogP contribution in [0.15, 0.2) is 34.9 Å². The Kier molecular flexibility index (Phi) is 3.57. The summed E-state index contributed by atoms with van der Waals surface area (Å²) in [6, 6.07) is 10.3. The van der Waals surface area contributed by atoms with Gasteiger partial charge < -0.3 is 9.84 Å². The van der Waals surface area contributed by atoms with Crippen LogP contribution in [-0.4, -0.2) is 23.2 Å². The summed E-state index contributed by atoms with van der Waals surface area (Å²) in [7, 11) is 0. The molecule has 1 aromatic heterocycles. The van der Waals surface area contributed by atoms with Crippen LogP contribution in [0, 0.1) is 5.92 Å². The van der Waals surface area contributed by atoms with Crippen LogP contribution in [0.1, 0.15) is 37.5 Å². The van der Waals surface area contributed by atoms with Gasteiger partial charge in [-0.1, -0.05) is 49.3 Å². The topological polar surface area (TPSA) is 51.0 Å². The zero-order valence-electron chi connectivity index (χ0n) is 12.1. The second-order valence-corrected chi connectivity index (χ2v) is 5.92. The van der Waals surface area contributed by atoms with Crippen LogP contribution in [0.2, 0.25) is 0 Å². The SMILES string of the molecule is CC(C)C1(c2nc(Cc3ccccc3)no2)CCNC1. The molecule has 4 nitrogen and oxygen atoms in total. The fourth-order valence-electron chi connectivity index (χ4n) is 2.94. The Morgan fingerprint density at radius 1 is 1.30 bits per heavy atom. The molecule has 1 aliphatic rings. The molecule has 0 amide bonds. The van der Waals surface area contributed by atoms with Gasteiger partial charge in [0, 0.05) is 13.0 Å². The van der Waals surface area contributed by atoms with Crippen LogP contribution in [-0.2, 0) is 11.8 Å². The van der Waals surface area contributed by atoms with E-state index in [4.69, 9.17) is 4.52 Å². The first kappa shape index (κ1) is 13.3. The first-order chi connectivity index (χ1) is 9.71. The largest absolute Gasteiger partial charge is 0.339 e. The summed E-state index contributed by atoms with van der Waals surface area (Å²) >= 11 is 0. The van der Waals surface area contributed by atoms with Gasteiger partial charge in [-0.2, -0.15) is 4.98 Å². The molecule has 2 heterocycles. The molecule has 2 aromatic rings. The minimum atomic E-state index is 0.00192. The highest BCUT2D eigenvalue weighted by atomic mass is 16.5. The first-order valence-electron chi connectivity index (χ1n) is 7.28. The van der Waals surface area contributed by atoms with Crippen molar-refractivity contribution in [1.29, 1.82) is 0 Å². The normalized spacial score (nSPS) is 22.6. The van der Waals surface area contributed by atoms with E-state index in [0.717, 1.165) is 37.6 Å². The number of nitrogens with zero attached hydrogens (tertiary/aromatic N) is 2. The molecule has 0 spiro atoms. The average Bonchev–Trinajstić information content (AvgIpc) is 3.09. The third-order valence-corrected chi connectivity index (χ3v) is 4.39. The first-order valence-corrected chi connectivity index (χ1v) is 7.28. The smallest absolute Gasteiger partial charge is 0.234 e. The van der Waals surface area contributed by atoms with Gasteiger partial charge in [0.2, 0.25) is 5.89 Å². The van der Waals surface area contributed by atoms with Crippen LogP contribution in [0.4, 0.5) is 0 Å². The monoisotopic (exact) mass is 271 g/mol. The number of benzene rings is 1. The molecule has 4 heteroatoms. The lowest BCUT2D eigenvalue weighted by atomic mass is 9.76. The molecule has 1 N–H and O–H groups in total. The maximum atomic E-state index is 5.58. The zero-order chi connectivity index (χ0) is 14.0. The molecule has 0 radical (unpaired) electrons.